The third-order valence-electron chi connectivity index (χ3n) is 3.67. The van der Waals surface area contributed by atoms with Crippen LogP contribution >= 0.6 is 0 Å². The molecule has 6 nitrogen and oxygen atoms in total. The number of hydrogen-bond donors (Lipinski definition) is 1. The van der Waals surface area contributed by atoms with Crippen molar-refractivity contribution in [1.82, 2.24) is 4.72 Å². The van der Waals surface area contributed by atoms with Gasteiger partial charge in [-0.05, 0) is 49.9 Å². The van der Waals surface area contributed by atoms with Crippen LogP contribution in [0.2, 0.25) is 0 Å². The number of ether oxygens (including phenoxy) is 1. The summed E-state index contributed by atoms with van der Waals surface area (Å²) in [6.07, 6.45) is 2.71. The van der Waals surface area contributed by atoms with Crippen molar-refractivity contribution in [2.75, 3.05) is 19.4 Å². The highest BCUT2D eigenvalue weighted by Crippen LogP contribution is 2.25. The van der Waals surface area contributed by atoms with Gasteiger partial charge in [0.15, 0.2) is 9.84 Å². The molecule has 8 heteroatoms. The summed E-state index contributed by atoms with van der Waals surface area (Å²) in [5.74, 6) is 0. The van der Waals surface area contributed by atoms with E-state index in [2.05, 4.69) is 4.72 Å². The molecule has 0 radical (unpaired) electrons. The molecule has 1 aliphatic heterocycles. The van der Waals surface area contributed by atoms with Gasteiger partial charge < -0.3 is 4.74 Å². The zero-order valence-electron chi connectivity index (χ0n) is 12.9. The lowest BCUT2D eigenvalue weighted by atomic mass is 10.2. The Morgan fingerprint density at radius 2 is 1.82 bits per heavy atom. The molecule has 1 N–H and O–H groups in total. The monoisotopic (exact) mass is 347 g/mol. The van der Waals surface area contributed by atoms with Crippen LogP contribution in [0.1, 0.15) is 24.0 Å². The first kappa shape index (κ1) is 17.4. The minimum Gasteiger partial charge on any atom is -0.377 e. The van der Waals surface area contributed by atoms with Crippen molar-refractivity contribution in [3.63, 3.8) is 0 Å². The summed E-state index contributed by atoms with van der Waals surface area (Å²) in [6, 6.07) is 2.98. The molecule has 1 atom stereocenters. The highest BCUT2D eigenvalue weighted by Gasteiger charge is 2.24. The standard InChI is InChI=1S/C14H21NO5S2/c1-10-7-13(21(3,16)17)11(2)14(8-10)22(18,19)15-9-12-5-4-6-20-12/h7-8,12,15H,4-6,9H2,1-3H3/t12-/m0/s1. The minimum absolute atomic E-state index is 0.00548. The Morgan fingerprint density at radius 1 is 1.18 bits per heavy atom. The van der Waals surface area contributed by atoms with Crippen molar-refractivity contribution in [2.45, 2.75) is 42.6 Å². The van der Waals surface area contributed by atoms with E-state index in [9.17, 15) is 16.8 Å². The van der Waals surface area contributed by atoms with E-state index in [4.69, 9.17) is 4.74 Å². The van der Waals surface area contributed by atoms with Gasteiger partial charge in [0.05, 0.1) is 15.9 Å². The maximum Gasteiger partial charge on any atom is 0.240 e. The molecule has 1 aliphatic rings. The fourth-order valence-electron chi connectivity index (χ4n) is 2.54. The molecular formula is C14H21NO5S2. The van der Waals surface area contributed by atoms with Crippen LogP contribution in [0.4, 0.5) is 0 Å². The molecule has 0 spiro atoms. The lowest BCUT2D eigenvalue weighted by Gasteiger charge is -2.15. The van der Waals surface area contributed by atoms with E-state index < -0.39 is 19.9 Å². The maximum atomic E-state index is 12.5. The number of nitrogens with one attached hydrogen (secondary N) is 1. The van der Waals surface area contributed by atoms with Crippen molar-refractivity contribution in [3.8, 4) is 0 Å². The van der Waals surface area contributed by atoms with Crippen LogP contribution in [0.5, 0.6) is 0 Å². The van der Waals surface area contributed by atoms with E-state index in [1.165, 1.54) is 19.1 Å². The van der Waals surface area contributed by atoms with Gasteiger partial charge in [0, 0.05) is 19.4 Å². The Morgan fingerprint density at radius 3 is 2.36 bits per heavy atom. The zero-order chi connectivity index (χ0) is 16.5. The molecule has 0 aromatic heterocycles. The maximum absolute atomic E-state index is 12.5. The summed E-state index contributed by atoms with van der Waals surface area (Å²) in [7, 11) is -7.26. The topological polar surface area (TPSA) is 89.5 Å². The van der Waals surface area contributed by atoms with Crippen LogP contribution in [0.3, 0.4) is 0 Å². The van der Waals surface area contributed by atoms with E-state index in [1.807, 2.05) is 0 Å². The molecule has 0 bridgehead atoms. The van der Waals surface area contributed by atoms with Gasteiger partial charge in [-0.25, -0.2) is 21.6 Å². The fraction of sp³-hybridized carbons (Fsp3) is 0.571. The minimum atomic E-state index is -3.78. The van der Waals surface area contributed by atoms with Gasteiger partial charge in [-0.3, -0.25) is 0 Å². The van der Waals surface area contributed by atoms with Crippen molar-refractivity contribution < 1.29 is 21.6 Å². The molecule has 1 saturated heterocycles. The molecule has 0 unspecified atom stereocenters. The molecule has 2 rings (SSSR count). The fourth-order valence-corrected chi connectivity index (χ4v) is 5.09. The van der Waals surface area contributed by atoms with E-state index in [0.717, 1.165) is 19.1 Å². The highest BCUT2D eigenvalue weighted by molar-refractivity contribution is 7.91. The third-order valence-corrected chi connectivity index (χ3v) is 6.44. The Labute approximate surface area is 131 Å². The van der Waals surface area contributed by atoms with Crippen molar-refractivity contribution >= 4 is 19.9 Å². The molecular weight excluding hydrogens is 326 g/mol. The molecule has 124 valence electrons. The molecule has 0 aliphatic carbocycles. The molecule has 1 heterocycles. The van der Waals surface area contributed by atoms with E-state index in [0.29, 0.717) is 12.2 Å². The summed E-state index contributed by atoms with van der Waals surface area (Å²) >= 11 is 0. The van der Waals surface area contributed by atoms with Gasteiger partial charge in [-0.1, -0.05) is 0 Å². The van der Waals surface area contributed by atoms with Crippen LogP contribution < -0.4 is 4.72 Å². The summed E-state index contributed by atoms with van der Waals surface area (Å²) < 4.78 is 56.5. The number of benzene rings is 1. The Balaban J connectivity index is 2.36. The molecule has 22 heavy (non-hydrogen) atoms. The van der Waals surface area contributed by atoms with Gasteiger partial charge in [0.25, 0.3) is 0 Å². The van der Waals surface area contributed by atoms with Crippen LogP contribution in [0, 0.1) is 13.8 Å². The predicted molar refractivity (Wildman–Crippen MR) is 83.2 cm³/mol. The highest BCUT2D eigenvalue weighted by atomic mass is 32.2. The lowest BCUT2D eigenvalue weighted by molar-refractivity contribution is 0.114. The van der Waals surface area contributed by atoms with Crippen molar-refractivity contribution in [2.24, 2.45) is 0 Å². The van der Waals surface area contributed by atoms with Gasteiger partial charge in [0.2, 0.25) is 10.0 Å². The second-order valence-electron chi connectivity index (χ2n) is 5.65. The van der Waals surface area contributed by atoms with Crippen molar-refractivity contribution in [1.29, 1.82) is 0 Å². The third kappa shape index (κ3) is 3.87. The lowest BCUT2D eigenvalue weighted by Crippen LogP contribution is -2.32. The number of rotatable bonds is 5. The SMILES string of the molecule is Cc1cc(S(C)(=O)=O)c(C)c(S(=O)(=O)NC[C@@H]2CCCO2)c1. The Kier molecular flexibility index (Phi) is 4.96. The summed E-state index contributed by atoms with van der Waals surface area (Å²) in [4.78, 5) is 0.0518. The zero-order valence-corrected chi connectivity index (χ0v) is 14.6. The smallest absolute Gasteiger partial charge is 0.240 e. The van der Waals surface area contributed by atoms with Gasteiger partial charge >= 0.3 is 0 Å². The van der Waals surface area contributed by atoms with Crippen LogP contribution in [-0.2, 0) is 24.6 Å². The molecule has 1 fully saturated rings. The molecule has 0 amide bonds. The van der Waals surface area contributed by atoms with E-state index >= 15 is 0 Å². The van der Waals surface area contributed by atoms with Gasteiger partial charge in [-0.15, -0.1) is 0 Å². The number of hydrogen-bond acceptors (Lipinski definition) is 5. The predicted octanol–water partition coefficient (Wildman–Crippen LogP) is 1.16. The number of sulfone groups is 1. The molecule has 1 aromatic rings. The Hall–Kier alpha value is -0.960. The van der Waals surface area contributed by atoms with Gasteiger partial charge in [0.1, 0.15) is 0 Å². The first-order valence-electron chi connectivity index (χ1n) is 7.04. The molecule has 0 saturated carbocycles. The Bertz CT molecular complexity index is 763. The number of sulfonamides is 1. The summed E-state index contributed by atoms with van der Waals surface area (Å²) in [5.41, 5.74) is 0.830. The summed E-state index contributed by atoms with van der Waals surface area (Å²) in [5, 5.41) is 0. The van der Waals surface area contributed by atoms with E-state index in [1.54, 1.807) is 6.92 Å². The molecule has 1 aromatic carbocycles. The van der Waals surface area contributed by atoms with Crippen LogP contribution in [-0.4, -0.2) is 42.3 Å². The van der Waals surface area contributed by atoms with E-state index in [-0.39, 0.29) is 28.0 Å². The largest absolute Gasteiger partial charge is 0.377 e. The second-order valence-corrected chi connectivity index (χ2v) is 9.36. The quantitative estimate of drug-likeness (QED) is 0.863. The normalized spacial score (nSPS) is 19.5. The van der Waals surface area contributed by atoms with Gasteiger partial charge in [-0.2, -0.15) is 0 Å². The first-order valence-corrected chi connectivity index (χ1v) is 10.4. The average molecular weight is 347 g/mol. The van der Waals surface area contributed by atoms with Crippen LogP contribution in [0.15, 0.2) is 21.9 Å². The summed E-state index contributed by atoms with van der Waals surface area (Å²) in [6.45, 7) is 4.03. The van der Waals surface area contributed by atoms with Crippen molar-refractivity contribution in [3.05, 3.63) is 23.3 Å². The number of aryl methyl sites for hydroxylation is 1. The van der Waals surface area contributed by atoms with Crippen LogP contribution in [0.25, 0.3) is 0 Å². The second kappa shape index (κ2) is 6.27. The average Bonchev–Trinajstić information content (AvgIpc) is 2.90. The first-order chi connectivity index (χ1) is 10.1.